The van der Waals surface area contributed by atoms with Gasteiger partial charge in [0.05, 0.1) is 12.2 Å². The van der Waals surface area contributed by atoms with Gasteiger partial charge in [0.1, 0.15) is 5.01 Å². The molecule has 3 nitrogen and oxygen atoms in total. The van der Waals surface area contributed by atoms with Crippen LogP contribution < -0.4 is 10.2 Å². The number of aromatic nitrogens is 1. The lowest BCUT2D eigenvalue weighted by atomic mass is 10.3. The fraction of sp³-hybridized carbons (Fsp3) is 0.400. The van der Waals surface area contributed by atoms with E-state index < -0.39 is 0 Å². The highest BCUT2D eigenvalue weighted by molar-refractivity contribution is 7.09. The number of nitrogens with one attached hydrogen (secondary N) is 1. The Hall–Kier alpha value is -1.39. The highest BCUT2D eigenvalue weighted by Crippen LogP contribution is 2.16. The fourth-order valence-electron chi connectivity index (χ4n) is 1.81. The largest absolute Gasteiger partial charge is 0.369 e. The number of thiazole rings is 1. The number of hydrogen-bond acceptors (Lipinski definition) is 4. The second-order valence-corrected chi connectivity index (χ2v) is 5.90. The van der Waals surface area contributed by atoms with Crippen molar-refractivity contribution in [2.24, 2.45) is 0 Å². The van der Waals surface area contributed by atoms with E-state index in [2.05, 4.69) is 65.7 Å². The molecule has 0 unspecified atom stereocenters. The Kier molecular flexibility index (Phi) is 4.93. The maximum Gasteiger partial charge on any atom is 0.107 e. The van der Waals surface area contributed by atoms with Gasteiger partial charge in [0.2, 0.25) is 0 Å². The zero-order chi connectivity index (χ0) is 13.7. The Morgan fingerprint density at radius 1 is 1.26 bits per heavy atom. The zero-order valence-corrected chi connectivity index (χ0v) is 12.6. The summed E-state index contributed by atoms with van der Waals surface area (Å²) in [6.45, 7) is 6.01. The molecule has 102 valence electrons. The third kappa shape index (κ3) is 4.33. The second-order valence-electron chi connectivity index (χ2n) is 4.96. The summed E-state index contributed by atoms with van der Waals surface area (Å²) in [6.07, 6.45) is 0. The van der Waals surface area contributed by atoms with Crippen molar-refractivity contribution in [3.63, 3.8) is 0 Å². The van der Waals surface area contributed by atoms with Crippen molar-refractivity contribution in [2.75, 3.05) is 11.9 Å². The third-order valence-electron chi connectivity index (χ3n) is 2.86. The highest BCUT2D eigenvalue weighted by atomic mass is 32.1. The van der Waals surface area contributed by atoms with E-state index in [4.69, 9.17) is 0 Å². The van der Waals surface area contributed by atoms with Gasteiger partial charge < -0.3 is 10.2 Å². The molecule has 1 heterocycles. The van der Waals surface area contributed by atoms with Crippen molar-refractivity contribution in [3.05, 3.63) is 46.4 Å². The lowest BCUT2D eigenvalue weighted by Crippen LogP contribution is -2.22. The fourth-order valence-corrected chi connectivity index (χ4v) is 2.55. The summed E-state index contributed by atoms with van der Waals surface area (Å²) in [5, 5.41) is 6.70. The molecule has 1 aromatic carbocycles. The van der Waals surface area contributed by atoms with Crippen LogP contribution >= 0.6 is 11.3 Å². The minimum Gasteiger partial charge on any atom is -0.369 e. The second kappa shape index (κ2) is 6.68. The highest BCUT2D eigenvalue weighted by Gasteiger charge is 2.06. The van der Waals surface area contributed by atoms with E-state index in [0.29, 0.717) is 6.04 Å². The van der Waals surface area contributed by atoms with Crippen LogP contribution in [0.3, 0.4) is 0 Å². The van der Waals surface area contributed by atoms with Gasteiger partial charge in [-0.25, -0.2) is 4.98 Å². The van der Waals surface area contributed by atoms with Crippen molar-refractivity contribution in [2.45, 2.75) is 33.0 Å². The van der Waals surface area contributed by atoms with Gasteiger partial charge in [-0.15, -0.1) is 11.3 Å². The molecule has 0 aliphatic rings. The molecule has 1 aromatic heterocycles. The van der Waals surface area contributed by atoms with Gasteiger partial charge in [-0.1, -0.05) is 32.0 Å². The molecule has 0 aliphatic carbocycles. The lowest BCUT2D eigenvalue weighted by molar-refractivity contribution is 0.586. The maximum absolute atomic E-state index is 4.66. The average molecular weight is 275 g/mol. The summed E-state index contributed by atoms with van der Waals surface area (Å²) in [4.78, 5) is 6.88. The first-order valence-corrected chi connectivity index (χ1v) is 7.46. The molecule has 0 radical (unpaired) electrons. The number of hydrogen-bond donors (Lipinski definition) is 1. The van der Waals surface area contributed by atoms with Gasteiger partial charge in [0, 0.05) is 30.7 Å². The van der Waals surface area contributed by atoms with Gasteiger partial charge in [-0.2, -0.15) is 0 Å². The number of anilines is 1. The van der Waals surface area contributed by atoms with Crippen molar-refractivity contribution in [3.8, 4) is 0 Å². The number of benzene rings is 1. The molecule has 0 bridgehead atoms. The minimum absolute atomic E-state index is 0.499. The molecule has 2 rings (SSSR count). The van der Waals surface area contributed by atoms with Crippen LogP contribution in [-0.4, -0.2) is 18.1 Å². The number of rotatable bonds is 6. The first-order chi connectivity index (χ1) is 9.15. The van der Waals surface area contributed by atoms with Crippen LogP contribution in [0.25, 0.3) is 0 Å². The predicted molar refractivity (Wildman–Crippen MR) is 82.6 cm³/mol. The number of nitrogens with zero attached hydrogens (tertiary/aromatic N) is 2. The summed E-state index contributed by atoms with van der Waals surface area (Å²) in [6, 6.07) is 10.9. The molecule has 0 spiro atoms. The average Bonchev–Trinajstić information content (AvgIpc) is 2.85. The minimum atomic E-state index is 0.499. The molecule has 4 heteroatoms. The lowest BCUT2D eigenvalue weighted by Gasteiger charge is -2.17. The smallest absolute Gasteiger partial charge is 0.107 e. The Morgan fingerprint density at radius 2 is 2.00 bits per heavy atom. The quantitative estimate of drug-likeness (QED) is 0.877. The zero-order valence-electron chi connectivity index (χ0n) is 11.8. The molecule has 0 amide bonds. The van der Waals surface area contributed by atoms with E-state index in [0.717, 1.165) is 23.8 Å². The van der Waals surface area contributed by atoms with E-state index in [1.165, 1.54) is 5.69 Å². The summed E-state index contributed by atoms with van der Waals surface area (Å²) >= 11 is 1.73. The van der Waals surface area contributed by atoms with Crippen LogP contribution in [0.2, 0.25) is 0 Å². The molecule has 1 N–H and O–H groups in total. The summed E-state index contributed by atoms with van der Waals surface area (Å²) in [5.41, 5.74) is 2.36. The summed E-state index contributed by atoms with van der Waals surface area (Å²) in [5.74, 6) is 0. The Morgan fingerprint density at radius 3 is 2.68 bits per heavy atom. The van der Waals surface area contributed by atoms with E-state index in [1.54, 1.807) is 11.3 Å². The van der Waals surface area contributed by atoms with E-state index >= 15 is 0 Å². The van der Waals surface area contributed by atoms with Crippen molar-refractivity contribution < 1.29 is 0 Å². The number of para-hydroxylation sites is 1. The summed E-state index contributed by atoms with van der Waals surface area (Å²) < 4.78 is 0. The van der Waals surface area contributed by atoms with Gasteiger partial charge in [-0.05, 0) is 12.1 Å². The van der Waals surface area contributed by atoms with Crippen molar-refractivity contribution in [1.29, 1.82) is 0 Å². The van der Waals surface area contributed by atoms with Crippen molar-refractivity contribution >= 4 is 17.0 Å². The predicted octanol–water partition coefficient (Wildman–Crippen LogP) is 3.28. The Balaban J connectivity index is 1.93. The topological polar surface area (TPSA) is 28.2 Å². The normalized spacial score (nSPS) is 10.9. The van der Waals surface area contributed by atoms with Crippen molar-refractivity contribution in [1.82, 2.24) is 10.3 Å². The SMILES string of the molecule is CC(C)NCc1nc(CN(C)c2ccccc2)cs1. The first kappa shape index (κ1) is 14.0. The van der Waals surface area contributed by atoms with Crippen LogP contribution in [0, 0.1) is 0 Å². The van der Waals surface area contributed by atoms with Gasteiger partial charge in [-0.3, -0.25) is 0 Å². The molecular formula is C15H21N3S. The first-order valence-electron chi connectivity index (χ1n) is 6.58. The van der Waals surface area contributed by atoms with Crippen LogP contribution in [0.4, 0.5) is 5.69 Å². The molecular weight excluding hydrogens is 254 g/mol. The summed E-state index contributed by atoms with van der Waals surface area (Å²) in [7, 11) is 2.10. The molecule has 2 aromatic rings. The molecule has 0 atom stereocenters. The van der Waals surface area contributed by atoms with Gasteiger partial charge in [0.25, 0.3) is 0 Å². The van der Waals surface area contributed by atoms with E-state index in [-0.39, 0.29) is 0 Å². The Bertz CT molecular complexity index is 493. The van der Waals surface area contributed by atoms with Gasteiger partial charge >= 0.3 is 0 Å². The maximum atomic E-state index is 4.66. The van der Waals surface area contributed by atoms with Crippen LogP contribution in [0.1, 0.15) is 24.5 Å². The van der Waals surface area contributed by atoms with E-state index in [9.17, 15) is 0 Å². The van der Waals surface area contributed by atoms with Crippen LogP contribution in [0.5, 0.6) is 0 Å². The third-order valence-corrected chi connectivity index (χ3v) is 3.75. The molecule has 0 saturated carbocycles. The molecule has 0 fully saturated rings. The van der Waals surface area contributed by atoms with E-state index in [1.807, 2.05) is 6.07 Å². The van der Waals surface area contributed by atoms with Crippen LogP contribution in [0.15, 0.2) is 35.7 Å². The molecule has 19 heavy (non-hydrogen) atoms. The van der Waals surface area contributed by atoms with Crippen LogP contribution in [-0.2, 0) is 13.1 Å². The monoisotopic (exact) mass is 275 g/mol. The molecule has 0 saturated heterocycles. The molecule has 0 aliphatic heterocycles. The standard InChI is InChI=1S/C15H21N3S/c1-12(2)16-9-15-17-13(11-19-15)10-18(3)14-7-5-4-6-8-14/h4-8,11-12,16H,9-10H2,1-3H3. The Labute approximate surface area is 119 Å². The van der Waals surface area contributed by atoms with Gasteiger partial charge in [0.15, 0.2) is 0 Å².